The molecule has 0 aliphatic heterocycles. The highest BCUT2D eigenvalue weighted by Crippen LogP contribution is 1.99. The first-order chi connectivity index (χ1) is 9.24. The molecule has 0 aromatic heterocycles. The minimum Gasteiger partial charge on any atom is -0.351 e. The molecule has 3 heteroatoms. The second-order valence-corrected chi connectivity index (χ2v) is 4.94. The van der Waals surface area contributed by atoms with Gasteiger partial charge in [0.2, 0.25) is 5.91 Å². The average Bonchev–Trinajstić information content (AvgIpc) is 2.45. The molecule has 106 valence electrons. The van der Waals surface area contributed by atoms with Gasteiger partial charge in [0.25, 0.3) is 0 Å². The number of carbonyl (C=O) groups excluding carboxylic acids is 1. The Kier molecular flexibility index (Phi) is 7.91. The van der Waals surface area contributed by atoms with E-state index < -0.39 is 0 Å². The van der Waals surface area contributed by atoms with Crippen LogP contribution in [0.15, 0.2) is 30.3 Å². The van der Waals surface area contributed by atoms with E-state index >= 15 is 0 Å². The molecule has 1 aromatic rings. The number of hydrogen-bond acceptors (Lipinski definition) is 2. The maximum atomic E-state index is 11.9. The van der Waals surface area contributed by atoms with Crippen molar-refractivity contribution in [2.75, 3.05) is 6.54 Å². The van der Waals surface area contributed by atoms with Crippen molar-refractivity contribution in [2.45, 2.75) is 52.1 Å². The van der Waals surface area contributed by atoms with Gasteiger partial charge in [-0.15, -0.1) is 0 Å². The fraction of sp³-hybridized carbons (Fsp3) is 0.562. The van der Waals surface area contributed by atoms with E-state index in [-0.39, 0.29) is 11.9 Å². The molecule has 1 aromatic carbocycles. The molecule has 0 aliphatic rings. The van der Waals surface area contributed by atoms with Gasteiger partial charge >= 0.3 is 0 Å². The van der Waals surface area contributed by atoms with Gasteiger partial charge in [-0.1, -0.05) is 56.5 Å². The van der Waals surface area contributed by atoms with Crippen molar-refractivity contribution in [2.24, 2.45) is 0 Å². The average molecular weight is 262 g/mol. The Morgan fingerprint density at radius 3 is 2.58 bits per heavy atom. The highest BCUT2D eigenvalue weighted by atomic mass is 16.2. The van der Waals surface area contributed by atoms with Crippen LogP contribution in [0.25, 0.3) is 0 Å². The largest absolute Gasteiger partial charge is 0.351 e. The molecule has 1 atom stereocenters. The second-order valence-electron chi connectivity index (χ2n) is 4.94. The lowest BCUT2D eigenvalue weighted by Crippen LogP contribution is -2.42. The van der Waals surface area contributed by atoms with Gasteiger partial charge in [-0.2, -0.15) is 0 Å². The Bertz CT molecular complexity index is 351. The number of unbranched alkanes of at least 4 members (excludes halogenated alkanes) is 3. The zero-order chi connectivity index (χ0) is 13.9. The molecule has 0 saturated carbocycles. The zero-order valence-corrected chi connectivity index (χ0v) is 12.1. The van der Waals surface area contributed by atoms with E-state index in [9.17, 15) is 4.79 Å². The van der Waals surface area contributed by atoms with Crippen molar-refractivity contribution < 1.29 is 4.79 Å². The van der Waals surface area contributed by atoms with Crippen LogP contribution in [0.1, 0.15) is 45.1 Å². The van der Waals surface area contributed by atoms with Crippen molar-refractivity contribution in [3.8, 4) is 0 Å². The fourth-order valence-corrected chi connectivity index (χ4v) is 1.90. The summed E-state index contributed by atoms with van der Waals surface area (Å²) in [7, 11) is 0. The fourth-order valence-electron chi connectivity index (χ4n) is 1.90. The number of amides is 1. The predicted octanol–water partition coefficient (Wildman–Crippen LogP) is 2.86. The maximum absolute atomic E-state index is 11.9. The van der Waals surface area contributed by atoms with Crippen molar-refractivity contribution in [3.63, 3.8) is 0 Å². The highest BCUT2D eigenvalue weighted by Gasteiger charge is 2.10. The monoisotopic (exact) mass is 262 g/mol. The first-order valence-corrected chi connectivity index (χ1v) is 7.29. The Morgan fingerprint density at radius 2 is 1.89 bits per heavy atom. The molecule has 0 unspecified atom stereocenters. The van der Waals surface area contributed by atoms with E-state index in [0.29, 0.717) is 6.54 Å². The molecule has 0 saturated heterocycles. The van der Waals surface area contributed by atoms with Gasteiger partial charge in [0.1, 0.15) is 0 Å². The van der Waals surface area contributed by atoms with Crippen LogP contribution >= 0.6 is 0 Å². The normalized spacial score (nSPS) is 12.1. The summed E-state index contributed by atoms with van der Waals surface area (Å²) in [4.78, 5) is 11.9. The quantitative estimate of drug-likeness (QED) is 0.672. The maximum Gasteiger partial charge on any atom is 0.237 e. The van der Waals surface area contributed by atoms with Crippen molar-refractivity contribution in [1.82, 2.24) is 10.6 Å². The first-order valence-electron chi connectivity index (χ1n) is 7.29. The van der Waals surface area contributed by atoms with Crippen LogP contribution in [0.2, 0.25) is 0 Å². The molecule has 1 rings (SSSR count). The topological polar surface area (TPSA) is 41.1 Å². The lowest BCUT2D eigenvalue weighted by molar-refractivity contribution is -0.122. The van der Waals surface area contributed by atoms with E-state index in [4.69, 9.17) is 0 Å². The Hall–Kier alpha value is -1.35. The van der Waals surface area contributed by atoms with Crippen LogP contribution in [-0.4, -0.2) is 18.5 Å². The predicted molar refractivity (Wildman–Crippen MR) is 79.9 cm³/mol. The van der Waals surface area contributed by atoms with E-state index in [2.05, 4.69) is 17.6 Å². The second kappa shape index (κ2) is 9.56. The summed E-state index contributed by atoms with van der Waals surface area (Å²) < 4.78 is 0. The van der Waals surface area contributed by atoms with Crippen LogP contribution in [0.4, 0.5) is 0 Å². The molecule has 0 spiro atoms. The Labute approximate surface area is 116 Å². The van der Waals surface area contributed by atoms with Crippen LogP contribution in [0.5, 0.6) is 0 Å². The third-order valence-electron chi connectivity index (χ3n) is 3.18. The summed E-state index contributed by atoms with van der Waals surface area (Å²) in [6, 6.07) is 9.86. The third kappa shape index (κ3) is 6.97. The first kappa shape index (κ1) is 15.7. The van der Waals surface area contributed by atoms with E-state index in [0.717, 1.165) is 18.5 Å². The summed E-state index contributed by atoms with van der Waals surface area (Å²) in [5, 5.41) is 6.21. The summed E-state index contributed by atoms with van der Waals surface area (Å²) >= 11 is 0. The molecule has 3 nitrogen and oxygen atoms in total. The van der Waals surface area contributed by atoms with Crippen molar-refractivity contribution >= 4 is 5.91 Å². The molecule has 0 radical (unpaired) electrons. The molecule has 19 heavy (non-hydrogen) atoms. The minimum atomic E-state index is -0.120. The van der Waals surface area contributed by atoms with Crippen LogP contribution in [0, 0.1) is 0 Å². The Balaban J connectivity index is 2.14. The molecule has 0 fully saturated rings. The molecule has 0 aliphatic carbocycles. The number of rotatable bonds is 9. The van der Waals surface area contributed by atoms with E-state index in [1.165, 1.54) is 19.3 Å². The van der Waals surface area contributed by atoms with Gasteiger partial charge in [-0.05, 0) is 25.5 Å². The smallest absolute Gasteiger partial charge is 0.237 e. The van der Waals surface area contributed by atoms with Crippen LogP contribution in [0.3, 0.4) is 0 Å². The molecular weight excluding hydrogens is 236 g/mol. The summed E-state index contributed by atoms with van der Waals surface area (Å²) in [5.41, 5.74) is 1.13. The highest BCUT2D eigenvalue weighted by molar-refractivity contribution is 5.81. The van der Waals surface area contributed by atoms with Crippen molar-refractivity contribution in [3.05, 3.63) is 35.9 Å². The Morgan fingerprint density at radius 1 is 1.16 bits per heavy atom. The standard InChI is InChI=1S/C16H26N2O/c1-3-4-5-9-12-17-14(2)16(19)18-13-15-10-7-6-8-11-15/h6-8,10-11,14,17H,3-5,9,12-13H2,1-2H3,(H,18,19)/t14-/m0/s1. The number of carbonyl (C=O) groups is 1. The minimum absolute atomic E-state index is 0.0688. The number of benzene rings is 1. The van der Waals surface area contributed by atoms with E-state index in [1.54, 1.807) is 0 Å². The summed E-state index contributed by atoms with van der Waals surface area (Å²) in [6.45, 7) is 5.63. The molecule has 1 amide bonds. The summed E-state index contributed by atoms with van der Waals surface area (Å²) in [6.07, 6.45) is 4.90. The van der Waals surface area contributed by atoms with Gasteiger partial charge in [0.05, 0.1) is 6.04 Å². The summed E-state index contributed by atoms with van der Waals surface area (Å²) in [5.74, 6) is 0.0688. The molecule has 2 N–H and O–H groups in total. The number of hydrogen-bond donors (Lipinski definition) is 2. The zero-order valence-electron chi connectivity index (χ0n) is 12.1. The van der Waals surface area contributed by atoms with Crippen LogP contribution < -0.4 is 10.6 Å². The van der Waals surface area contributed by atoms with Gasteiger partial charge in [-0.25, -0.2) is 0 Å². The van der Waals surface area contributed by atoms with Gasteiger partial charge in [0.15, 0.2) is 0 Å². The van der Waals surface area contributed by atoms with E-state index in [1.807, 2.05) is 37.3 Å². The van der Waals surface area contributed by atoms with Gasteiger partial charge in [0, 0.05) is 6.54 Å². The van der Waals surface area contributed by atoms with Crippen LogP contribution in [-0.2, 0) is 11.3 Å². The SMILES string of the molecule is CCCCCCN[C@@H](C)C(=O)NCc1ccccc1. The van der Waals surface area contributed by atoms with Gasteiger partial charge < -0.3 is 10.6 Å². The molecule has 0 bridgehead atoms. The van der Waals surface area contributed by atoms with Crippen molar-refractivity contribution in [1.29, 1.82) is 0 Å². The van der Waals surface area contributed by atoms with Gasteiger partial charge in [-0.3, -0.25) is 4.79 Å². The lowest BCUT2D eigenvalue weighted by Gasteiger charge is -2.14. The lowest BCUT2D eigenvalue weighted by atomic mass is 10.2. The molecule has 0 heterocycles. The number of nitrogens with one attached hydrogen (secondary N) is 2. The third-order valence-corrected chi connectivity index (χ3v) is 3.18. The molecular formula is C16H26N2O.